The maximum Gasteiger partial charge on any atom is 0.0264 e. The van der Waals surface area contributed by atoms with Crippen LogP contribution in [0.5, 0.6) is 0 Å². The smallest absolute Gasteiger partial charge is 0.0264 e. The van der Waals surface area contributed by atoms with E-state index < -0.39 is 0 Å². The molecule has 0 aromatic carbocycles. The molecule has 0 saturated carbocycles. The molecule has 0 spiro atoms. The summed E-state index contributed by atoms with van der Waals surface area (Å²) in [5.41, 5.74) is 1.30. The summed E-state index contributed by atoms with van der Waals surface area (Å²) < 4.78 is 0. The molecule has 64 valence electrons. The quantitative estimate of drug-likeness (QED) is 0.599. The Kier molecular flexibility index (Phi) is 4.67. The summed E-state index contributed by atoms with van der Waals surface area (Å²) in [5, 5.41) is 3.13. The van der Waals surface area contributed by atoms with E-state index in [9.17, 15) is 0 Å². The fraction of sp³-hybridized carbons (Fsp3) is 0.600. The summed E-state index contributed by atoms with van der Waals surface area (Å²) in [6.07, 6.45) is 2.77. The third-order valence-electron chi connectivity index (χ3n) is 1.79. The van der Waals surface area contributed by atoms with Crippen molar-refractivity contribution in [2.24, 2.45) is 5.92 Å². The third-order valence-corrected chi connectivity index (χ3v) is 1.79. The minimum absolute atomic E-state index is 0.461. The van der Waals surface area contributed by atoms with Crippen molar-refractivity contribution in [3.8, 4) is 0 Å². The van der Waals surface area contributed by atoms with Crippen LogP contribution in [-0.2, 0) is 0 Å². The van der Waals surface area contributed by atoms with Crippen LogP contribution < -0.4 is 5.32 Å². The summed E-state index contributed by atoms with van der Waals surface area (Å²) in [7, 11) is 0. The first-order valence-electron chi connectivity index (χ1n) is 4.12. The minimum Gasteiger partial charge on any atom is -0.389 e. The second-order valence-electron chi connectivity index (χ2n) is 3.29. The van der Waals surface area contributed by atoms with Crippen molar-refractivity contribution >= 4 is 0 Å². The molecule has 0 rings (SSSR count). The third kappa shape index (κ3) is 4.65. The van der Waals surface area contributed by atoms with E-state index in [2.05, 4.69) is 39.2 Å². The van der Waals surface area contributed by atoms with Crippen LogP contribution in [0.1, 0.15) is 27.2 Å². The zero-order chi connectivity index (χ0) is 8.85. The van der Waals surface area contributed by atoms with Gasteiger partial charge in [-0.15, -0.1) is 0 Å². The molecule has 0 amide bonds. The van der Waals surface area contributed by atoms with Crippen LogP contribution in [0, 0.1) is 5.92 Å². The molecular formula is C10H19N. The lowest BCUT2D eigenvalue weighted by Gasteiger charge is -2.15. The summed E-state index contributed by atoms with van der Waals surface area (Å²) in [6.45, 7) is 14.1. The first-order chi connectivity index (χ1) is 5.07. The Labute approximate surface area is 70.2 Å². The second-order valence-corrected chi connectivity index (χ2v) is 3.29. The monoisotopic (exact) mass is 153 g/mol. The van der Waals surface area contributed by atoms with Crippen molar-refractivity contribution in [1.29, 1.82) is 0 Å². The lowest BCUT2D eigenvalue weighted by Crippen LogP contribution is -2.21. The SMILES string of the molecule is C=CNC(C)CC(=C)C(C)C. The van der Waals surface area contributed by atoms with Crippen molar-refractivity contribution in [2.45, 2.75) is 33.2 Å². The highest BCUT2D eigenvalue weighted by molar-refractivity contribution is 5.00. The molecule has 0 saturated heterocycles. The molecule has 0 heterocycles. The number of nitrogens with one attached hydrogen (secondary N) is 1. The zero-order valence-corrected chi connectivity index (χ0v) is 7.85. The Morgan fingerprint density at radius 2 is 2.00 bits per heavy atom. The first kappa shape index (κ1) is 10.3. The van der Waals surface area contributed by atoms with E-state index in [1.165, 1.54) is 5.57 Å². The van der Waals surface area contributed by atoms with Gasteiger partial charge in [-0.1, -0.05) is 32.6 Å². The maximum atomic E-state index is 4.00. The molecule has 0 fully saturated rings. The summed E-state index contributed by atoms with van der Waals surface area (Å²) in [6, 6.07) is 0.461. The van der Waals surface area contributed by atoms with Gasteiger partial charge < -0.3 is 5.32 Å². The molecular weight excluding hydrogens is 134 g/mol. The average molecular weight is 153 g/mol. The van der Waals surface area contributed by atoms with Crippen molar-refractivity contribution in [3.63, 3.8) is 0 Å². The van der Waals surface area contributed by atoms with Crippen LogP contribution in [0.3, 0.4) is 0 Å². The van der Waals surface area contributed by atoms with E-state index in [0.29, 0.717) is 12.0 Å². The summed E-state index contributed by atoms with van der Waals surface area (Å²) in [4.78, 5) is 0. The Morgan fingerprint density at radius 1 is 1.45 bits per heavy atom. The molecule has 0 aromatic heterocycles. The number of hydrogen-bond donors (Lipinski definition) is 1. The molecule has 11 heavy (non-hydrogen) atoms. The standard InChI is InChI=1S/C10H19N/c1-6-11-10(5)7-9(4)8(2)3/h6,8,10-11H,1,4,7H2,2-3,5H3. The highest BCUT2D eigenvalue weighted by Gasteiger charge is 2.04. The normalized spacial score (nSPS) is 12.7. The molecule has 0 bridgehead atoms. The van der Waals surface area contributed by atoms with Gasteiger partial charge >= 0.3 is 0 Å². The van der Waals surface area contributed by atoms with Gasteiger partial charge in [0.2, 0.25) is 0 Å². The Hall–Kier alpha value is -0.720. The average Bonchev–Trinajstić information content (AvgIpc) is 1.87. The van der Waals surface area contributed by atoms with Crippen molar-refractivity contribution in [1.82, 2.24) is 5.32 Å². The predicted molar refractivity (Wildman–Crippen MR) is 51.4 cm³/mol. The summed E-state index contributed by atoms with van der Waals surface area (Å²) in [5.74, 6) is 0.587. The van der Waals surface area contributed by atoms with Crippen molar-refractivity contribution in [3.05, 3.63) is 24.9 Å². The molecule has 0 aromatic rings. The van der Waals surface area contributed by atoms with E-state index in [4.69, 9.17) is 0 Å². The number of rotatable bonds is 5. The van der Waals surface area contributed by atoms with Gasteiger partial charge in [0.05, 0.1) is 0 Å². The number of hydrogen-bond acceptors (Lipinski definition) is 1. The minimum atomic E-state index is 0.461. The molecule has 0 aliphatic rings. The molecule has 1 nitrogen and oxygen atoms in total. The zero-order valence-electron chi connectivity index (χ0n) is 7.85. The molecule has 0 radical (unpaired) electrons. The predicted octanol–water partition coefficient (Wildman–Crippen LogP) is 2.71. The molecule has 1 heteroatoms. The largest absolute Gasteiger partial charge is 0.389 e. The van der Waals surface area contributed by atoms with Crippen LogP contribution >= 0.6 is 0 Å². The Balaban J connectivity index is 3.65. The van der Waals surface area contributed by atoms with Gasteiger partial charge in [-0.05, 0) is 25.5 Å². The Bertz CT molecular complexity index is 136. The van der Waals surface area contributed by atoms with E-state index in [-0.39, 0.29) is 0 Å². The van der Waals surface area contributed by atoms with Gasteiger partial charge in [0.25, 0.3) is 0 Å². The van der Waals surface area contributed by atoms with Gasteiger partial charge in [0, 0.05) is 6.04 Å². The van der Waals surface area contributed by atoms with Crippen LogP contribution in [0.2, 0.25) is 0 Å². The van der Waals surface area contributed by atoms with E-state index in [0.717, 1.165) is 6.42 Å². The lowest BCUT2D eigenvalue weighted by atomic mass is 9.99. The first-order valence-corrected chi connectivity index (χ1v) is 4.12. The van der Waals surface area contributed by atoms with Crippen molar-refractivity contribution < 1.29 is 0 Å². The van der Waals surface area contributed by atoms with Gasteiger partial charge in [-0.3, -0.25) is 0 Å². The topological polar surface area (TPSA) is 12.0 Å². The second kappa shape index (κ2) is 5.00. The fourth-order valence-corrected chi connectivity index (χ4v) is 0.889. The van der Waals surface area contributed by atoms with E-state index >= 15 is 0 Å². The van der Waals surface area contributed by atoms with Gasteiger partial charge in [0.15, 0.2) is 0 Å². The van der Waals surface area contributed by atoms with Gasteiger partial charge in [0.1, 0.15) is 0 Å². The highest BCUT2D eigenvalue weighted by Crippen LogP contribution is 2.12. The van der Waals surface area contributed by atoms with Crippen LogP contribution in [0.25, 0.3) is 0 Å². The summed E-state index contributed by atoms with van der Waals surface area (Å²) >= 11 is 0. The van der Waals surface area contributed by atoms with Crippen molar-refractivity contribution in [2.75, 3.05) is 0 Å². The molecule has 0 aliphatic carbocycles. The fourth-order valence-electron chi connectivity index (χ4n) is 0.889. The van der Waals surface area contributed by atoms with Gasteiger partial charge in [-0.25, -0.2) is 0 Å². The van der Waals surface area contributed by atoms with Crippen LogP contribution in [-0.4, -0.2) is 6.04 Å². The van der Waals surface area contributed by atoms with Crippen LogP contribution in [0.15, 0.2) is 24.9 Å². The highest BCUT2D eigenvalue weighted by atomic mass is 14.9. The van der Waals surface area contributed by atoms with Gasteiger partial charge in [-0.2, -0.15) is 0 Å². The molecule has 1 N–H and O–H groups in total. The maximum absolute atomic E-state index is 4.00. The Morgan fingerprint density at radius 3 is 2.36 bits per heavy atom. The molecule has 1 unspecified atom stereocenters. The van der Waals surface area contributed by atoms with Crippen LogP contribution in [0.4, 0.5) is 0 Å². The lowest BCUT2D eigenvalue weighted by molar-refractivity contribution is 0.590. The van der Waals surface area contributed by atoms with E-state index in [1.807, 2.05) is 0 Å². The van der Waals surface area contributed by atoms with E-state index in [1.54, 1.807) is 6.20 Å². The molecule has 0 aliphatic heterocycles. The molecule has 1 atom stereocenters.